The van der Waals surface area contributed by atoms with Crippen molar-refractivity contribution in [2.75, 3.05) is 0 Å². The predicted octanol–water partition coefficient (Wildman–Crippen LogP) is 3.52. The third kappa shape index (κ3) is 3.06. The Kier molecular flexibility index (Phi) is 4.18. The summed E-state index contributed by atoms with van der Waals surface area (Å²) in [5, 5.41) is 8.58. The summed E-state index contributed by atoms with van der Waals surface area (Å²) < 4.78 is 47.0. The van der Waals surface area contributed by atoms with E-state index in [4.69, 9.17) is 5.11 Å². The van der Waals surface area contributed by atoms with Crippen LogP contribution in [-0.2, 0) is 6.54 Å². The number of para-hydroxylation sites is 1. The number of benzene rings is 2. The number of pyridine rings is 1. The van der Waals surface area contributed by atoms with Crippen molar-refractivity contribution in [2.45, 2.75) is 6.54 Å². The maximum absolute atomic E-state index is 14.2. The normalized spacial score (nSPS) is 10.8. The van der Waals surface area contributed by atoms with Gasteiger partial charge in [-0.25, -0.2) is 18.0 Å². The van der Waals surface area contributed by atoms with Gasteiger partial charge in [-0.1, -0.05) is 18.2 Å². The van der Waals surface area contributed by atoms with E-state index in [1.54, 1.807) is 0 Å². The molecule has 1 heterocycles. The van der Waals surface area contributed by atoms with Gasteiger partial charge in [-0.2, -0.15) is 0 Å². The van der Waals surface area contributed by atoms with Crippen LogP contribution < -0.4 is 10.2 Å². The molecular formula is C17H10F3NO4. The van der Waals surface area contributed by atoms with E-state index in [-0.39, 0.29) is 23.0 Å². The lowest BCUT2D eigenvalue weighted by Crippen LogP contribution is -2.17. The van der Waals surface area contributed by atoms with Crippen LogP contribution in [0.5, 0.6) is 5.75 Å². The van der Waals surface area contributed by atoms with Gasteiger partial charge in [-0.3, -0.25) is 4.79 Å². The first-order valence-electron chi connectivity index (χ1n) is 7.04. The first-order chi connectivity index (χ1) is 11.9. The second kappa shape index (κ2) is 6.31. The maximum Gasteiger partial charge on any atom is 0.511 e. The highest BCUT2D eigenvalue weighted by molar-refractivity contribution is 5.81. The molecule has 3 aromatic rings. The van der Waals surface area contributed by atoms with E-state index >= 15 is 0 Å². The molecule has 1 aromatic heterocycles. The summed E-state index contributed by atoms with van der Waals surface area (Å²) in [5.41, 5.74) is -1.10. The van der Waals surface area contributed by atoms with Crippen LogP contribution >= 0.6 is 0 Å². The zero-order chi connectivity index (χ0) is 18.1. The largest absolute Gasteiger partial charge is 0.511 e. The molecule has 0 radical (unpaired) electrons. The number of carbonyl (C=O) groups is 1. The molecule has 0 bridgehead atoms. The van der Waals surface area contributed by atoms with Crippen molar-refractivity contribution in [1.29, 1.82) is 0 Å². The molecule has 0 unspecified atom stereocenters. The quantitative estimate of drug-likeness (QED) is 0.735. The Balaban J connectivity index is 2.25. The van der Waals surface area contributed by atoms with Crippen LogP contribution in [-0.4, -0.2) is 15.8 Å². The number of halogens is 3. The van der Waals surface area contributed by atoms with Crippen LogP contribution in [0.3, 0.4) is 0 Å². The molecule has 128 valence electrons. The Labute approximate surface area is 138 Å². The summed E-state index contributed by atoms with van der Waals surface area (Å²) in [6.07, 6.45) is -0.775. The molecule has 0 spiro atoms. The molecule has 3 rings (SSSR count). The first kappa shape index (κ1) is 16.6. The van der Waals surface area contributed by atoms with Crippen LogP contribution in [0.2, 0.25) is 0 Å². The number of hydrogen-bond donors (Lipinski definition) is 1. The lowest BCUT2D eigenvalue weighted by Gasteiger charge is -2.14. The molecule has 5 nitrogen and oxygen atoms in total. The van der Waals surface area contributed by atoms with E-state index in [1.165, 1.54) is 24.3 Å². The Morgan fingerprint density at radius 1 is 1.08 bits per heavy atom. The molecular weight excluding hydrogens is 339 g/mol. The molecule has 0 amide bonds. The van der Waals surface area contributed by atoms with Gasteiger partial charge in [0.1, 0.15) is 5.82 Å². The number of aromatic nitrogens is 1. The summed E-state index contributed by atoms with van der Waals surface area (Å²) in [7, 11) is 0. The van der Waals surface area contributed by atoms with Crippen molar-refractivity contribution in [3.8, 4) is 5.75 Å². The van der Waals surface area contributed by atoms with Gasteiger partial charge in [0.25, 0.3) is 0 Å². The average Bonchev–Trinajstić information content (AvgIpc) is 2.55. The smallest absolute Gasteiger partial charge is 0.449 e. The minimum Gasteiger partial charge on any atom is -0.449 e. The fraction of sp³-hybridized carbons (Fsp3) is 0.0588. The van der Waals surface area contributed by atoms with Crippen LogP contribution in [0, 0.1) is 17.5 Å². The zero-order valence-corrected chi connectivity index (χ0v) is 12.5. The number of carboxylic acid groups (broad SMARTS) is 1. The third-order valence-electron chi connectivity index (χ3n) is 3.59. The molecule has 0 saturated heterocycles. The molecule has 0 aliphatic carbocycles. The summed E-state index contributed by atoms with van der Waals surface area (Å²) in [6, 6.07) is 7.16. The summed E-state index contributed by atoms with van der Waals surface area (Å²) in [5.74, 6) is -3.53. The number of fused-ring (bicyclic) bond motifs is 1. The van der Waals surface area contributed by atoms with E-state index in [0.717, 1.165) is 22.9 Å². The van der Waals surface area contributed by atoms with Crippen molar-refractivity contribution in [3.05, 3.63) is 75.8 Å². The van der Waals surface area contributed by atoms with E-state index in [9.17, 15) is 22.8 Å². The lowest BCUT2D eigenvalue weighted by atomic mass is 10.1. The SMILES string of the molecule is O=C(O)Oc1cn(Cc2cccc(F)c2F)c2c(F)cccc2c1=O. The average molecular weight is 349 g/mol. The third-order valence-corrected chi connectivity index (χ3v) is 3.59. The Bertz CT molecular complexity index is 1050. The summed E-state index contributed by atoms with van der Waals surface area (Å²) in [4.78, 5) is 23.0. The van der Waals surface area contributed by atoms with Gasteiger partial charge in [-0.05, 0) is 18.2 Å². The highest BCUT2D eigenvalue weighted by atomic mass is 19.2. The van der Waals surface area contributed by atoms with E-state index in [1.807, 2.05) is 0 Å². The van der Waals surface area contributed by atoms with Gasteiger partial charge in [0.15, 0.2) is 17.4 Å². The molecule has 8 heteroatoms. The second-order valence-electron chi connectivity index (χ2n) is 5.17. The highest BCUT2D eigenvalue weighted by Crippen LogP contribution is 2.21. The molecule has 0 aliphatic heterocycles. The summed E-state index contributed by atoms with van der Waals surface area (Å²) >= 11 is 0. The van der Waals surface area contributed by atoms with Crippen molar-refractivity contribution in [2.24, 2.45) is 0 Å². The highest BCUT2D eigenvalue weighted by Gasteiger charge is 2.17. The van der Waals surface area contributed by atoms with Crippen molar-refractivity contribution in [3.63, 3.8) is 0 Å². The topological polar surface area (TPSA) is 68.5 Å². The van der Waals surface area contributed by atoms with Gasteiger partial charge < -0.3 is 14.4 Å². The molecule has 0 fully saturated rings. The van der Waals surface area contributed by atoms with Crippen molar-refractivity contribution < 1.29 is 27.8 Å². The van der Waals surface area contributed by atoms with Crippen LogP contribution in [0.1, 0.15) is 5.56 Å². The fourth-order valence-electron chi connectivity index (χ4n) is 2.53. The Morgan fingerprint density at radius 2 is 1.76 bits per heavy atom. The molecule has 0 atom stereocenters. The predicted molar refractivity (Wildman–Crippen MR) is 82.3 cm³/mol. The minimum absolute atomic E-state index is 0.102. The van der Waals surface area contributed by atoms with Gasteiger partial charge in [-0.15, -0.1) is 0 Å². The first-order valence-corrected chi connectivity index (χ1v) is 7.04. The Morgan fingerprint density at radius 3 is 2.48 bits per heavy atom. The lowest BCUT2D eigenvalue weighted by molar-refractivity contribution is 0.144. The van der Waals surface area contributed by atoms with Crippen LogP contribution in [0.15, 0.2) is 47.4 Å². The molecule has 0 aliphatic rings. The van der Waals surface area contributed by atoms with Gasteiger partial charge in [0.2, 0.25) is 5.43 Å². The van der Waals surface area contributed by atoms with E-state index in [0.29, 0.717) is 0 Å². The Hall–Kier alpha value is -3.29. The molecule has 1 N–H and O–H groups in total. The zero-order valence-electron chi connectivity index (χ0n) is 12.5. The summed E-state index contributed by atoms with van der Waals surface area (Å²) in [6.45, 7) is -0.336. The molecule has 25 heavy (non-hydrogen) atoms. The monoisotopic (exact) mass is 349 g/mol. The van der Waals surface area contributed by atoms with E-state index < -0.39 is 34.8 Å². The number of hydrogen-bond acceptors (Lipinski definition) is 3. The van der Waals surface area contributed by atoms with Crippen LogP contribution in [0.25, 0.3) is 10.9 Å². The van der Waals surface area contributed by atoms with E-state index in [2.05, 4.69) is 4.74 Å². The van der Waals surface area contributed by atoms with Gasteiger partial charge in [0.05, 0.1) is 23.6 Å². The van der Waals surface area contributed by atoms with Gasteiger partial charge >= 0.3 is 6.16 Å². The van der Waals surface area contributed by atoms with Gasteiger partial charge in [0, 0.05) is 5.56 Å². The minimum atomic E-state index is -1.73. The standard InChI is InChI=1S/C17H10F3NO4/c18-11-5-1-3-9(14(11)20)7-21-8-13(25-17(23)24)16(22)10-4-2-6-12(19)15(10)21/h1-6,8H,7H2,(H,23,24). The fourth-order valence-corrected chi connectivity index (χ4v) is 2.53. The van der Waals surface area contributed by atoms with Crippen molar-refractivity contribution >= 4 is 17.1 Å². The maximum atomic E-state index is 14.2. The number of nitrogens with zero attached hydrogens (tertiary/aromatic N) is 1. The van der Waals surface area contributed by atoms with Crippen LogP contribution in [0.4, 0.5) is 18.0 Å². The molecule has 2 aromatic carbocycles. The second-order valence-corrected chi connectivity index (χ2v) is 5.17. The molecule has 0 saturated carbocycles. The number of ether oxygens (including phenoxy) is 1. The van der Waals surface area contributed by atoms with Crippen molar-refractivity contribution in [1.82, 2.24) is 4.57 Å². The number of rotatable bonds is 3.